The van der Waals surface area contributed by atoms with Gasteiger partial charge in [-0.1, -0.05) is 42.1 Å². The highest BCUT2D eigenvalue weighted by Gasteiger charge is 2.16. The van der Waals surface area contributed by atoms with Gasteiger partial charge in [0.2, 0.25) is 5.95 Å². The van der Waals surface area contributed by atoms with E-state index in [9.17, 15) is 4.39 Å². The smallest absolute Gasteiger partial charge is 0.225 e. The first kappa shape index (κ1) is 22.7. The minimum Gasteiger partial charge on any atom is -0.348 e. The van der Waals surface area contributed by atoms with Gasteiger partial charge in [0.1, 0.15) is 23.2 Å². The molecule has 0 saturated carbocycles. The lowest BCUT2D eigenvalue weighted by Crippen LogP contribution is -2.10. The normalized spacial score (nSPS) is 11.9. The summed E-state index contributed by atoms with van der Waals surface area (Å²) in [5.41, 5.74) is 3.23. The number of imidazole rings is 1. The zero-order valence-corrected chi connectivity index (χ0v) is 19.9. The van der Waals surface area contributed by atoms with Crippen molar-refractivity contribution in [1.82, 2.24) is 29.5 Å². The Labute approximate surface area is 206 Å². The highest BCUT2D eigenvalue weighted by molar-refractivity contribution is 7.98. The molecule has 1 N–H and O–H groups in total. The number of nitrogens with one attached hydrogen (secondary N) is 1. The fraction of sp³-hybridized carbons (Fsp3) is 0.115. The zero-order valence-electron chi connectivity index (χ0n) is 19.1. The summed E-state index contributed by atoms with van der Waals surface area (Å²) in [4.78, 5) is 22.8. The lowest BCUT2D eigenvalue weighted by molar-refractivity contribution is 0.628. The topological polar surface area (TPSA) is 81.4 Å². The molecule has 7 nitrogen and oxygen atoms in total. The van der Waals surface area contributed by atoms with E-state index in [1.165, 1.54) is 23.9 Å². The number of halogens is 1. The summed E-state index contributed by atoms with van der Waals surface area (Å²) in [6.07, 6.45) is 7.21. The van der Waals surface area contributed by atoms with Crippen molar-refractivity contribution in [2.75, 3.05) is 11.6 Å². The third kappa shape index (κ3) is 5.04. The summed E-state index contributed by atoms with van der Waals surface area (Å²) in [5.74, 6) is 1.42. The summed E-state index contributed by atoms with van der Waals surface area (Å²) in [7, 11) is 0. The van der Waals surface area contributed by atoms with Crippen LogP contribution in [-0.4, -0.2) is 35.7 Å². The van der Waals surface area contributed by atoms with Crippen LogP contribution in [-0.2, 0) is 0 Å². The zero-order chi connectivity index (χ0) is 24.2. The fourth-order valence-corrected chi connectivity index (χ4v) is 3.99. The molecule has 0 saturated heterocycles. The van der Waals surface area contributed by atoms with E-state index in [0.717, 1.165) is 11.1 Å². The quantitative estimate of drug-likeness (QED) is 0.231. The Kier molecular flexibility index (Phi) is 6.49. The second kappa shape index (κ2) is 10.0. The second-order valence-electron chi connectivity index (χ2n) is 7.77. The molecular formula is C26H22FN7S. The maximum absolute atomic E-state index is 13.6. The summed E-state index contributed by atoms with van der Waals surface area (Å²) < 4.78 is 15.5. The third-order valence-corrected chi connectivity index (χ3v) is 5.98. The first-order chi connectivity index (χ1) is 17.1. The van der Waals surface area contributed by atoms with Crippen molar-refractivity contribution in [2.24, 2.45) is 0 Å². The molecule has 5 aromatic rings. The van der Waals surface area contributed by atoms with Crippen LogP contribution < -0.4 is 5.32 Å². The molecule has 0 aliphatic heterocycles. The van der Waals surface area contributed by atoms with Crippen molar-refractivity contribution < 1.29 is 4.39 Å². The number of nitrogens with zero attached hydrogens (tertiary/aromatic N) is 6. The van der Waals surface area contributed by atoms with Crippen LogP contribution in [0.3, 0.4) is 0 Å². The molecule has 174 valence electrons. The number of thioether (sulfide) groups is 1. The summed E-state index contributed by atoms with van der Waals surface area (Å²) in [6.45, 7) is 2.06. The van der Waals surface area contributed by atoms with Gasteiger partial charge in [-0.05, 0) is 55.1 Å². The van der Waals surface area contributed by atoms with E-state index in [1.807, 2.05) is 47.4 Å². The van der Waals surface area contributed by atoms with Crippen molar-refractivity contribution in [3.8, 4) is 28.6 Å². The summed E-state index contributed by atoms with van der Waals surface area (Å²) in [5, 5.41) is 4.02. The van der Waals surface area contributed by atoms with Crippen molar-refractivity contribution in [3.05, 3.63) is 96.7 Å². The lowest BCUT2D eigenvalue weighted by Gasteiger charge is -2.15. The van der Waals surface area contributed by atoms with Gasteiger partial charge in [0, 0.05) is 24.2 Å². The maximum atomic E-state index is 13.6. The van der Waals surface area contributed by atoms with Crippen molar-refractivity contribution in [3.63, 3.8) is 0 Å². The number of hydrogen-bond acceptors (Lipinski definition) is 7. The van der Waals surface area contributed by atoms with Crippen LogP contribution in [0.4, 0.5) is 10.3 Å². The minimum absolute atomic E-state index is 0.0207. The highest BCUT2D eigenvalue weighted by Crippen LogP contribution is 2.28. The Bertz CT molecular complexity index is 1440. The molecule has 9 heteroatoms. The van der Waals surface area contributed by atoms with Crippen molar-refractivity contribution in [2.45, 2.75) is 18.1 Å². The monoisotopic (exact) mass is 483 g/mol. The van der Waals surface area contributed by atoms with Crippen LogP contribution in [0, 0.1) is 5.82 Å². The first-order valence-corrected chi connectivity index (χ1v) is 12.2. The molecule has 3 aromatic heterocycles. The predicted molar refractivity (Wildman–Crippen MR) is 136 cm³/mol. The third-order valence-electron chi connectivity index (χ3n) is 5.42. The fourth-order valence-electron chi connectivity index (χ4n) is 3.63. The van der Waals surface area contributed by atoms with E-state index >= 15 is 0 Å². The summed E-state index contributed by atoms with van der Waals surface area (Å²) in [6, 6.07) is 20.0. The van der Waals surface area contributed by atoms with E-state index in [4.69, 9.17) is 9.97 Å². The second-order valence-corrected chi connectivity index (χ2v) is 8.54. The Morgan fingerprint density at radius 2 is 1.63 bits per heavy atom. The number of anilines is 1. The average Bonchev–Trinajstić information content (AvgIpc) is 3.35. The van der Waals surface area contributed by atoms with Gasteiger partial charge in [0.15, 0.2) is 5.16 Å². The molecule has 0 aliphatic carbocycles. The molecule has 0 radical (unpaired) electrons. The van der Waals surface area contributed by atoms with Gasteiger partial charge in [0.05, 0.1) is 11.7 Å². The van der Waals surface area contributed by atoms with Gasteiger partial charge >= 0.3 is 0 Å². The highest BCUT2D eigenvalue weighted by atomic mass is 32.2. The molecule has 35 heavy (non-hydrogen) atoms. The molecule has 0 aliphatic rings. The lowest BCUT2D eigenvalue weighted by atomic mass is 10.1. The van der Waals surface area contributed by atoms with Gasteiger partial charge < -0.3 is 5.32 Å². The number of hydrogen-bond donors (Lipinski definition) is 1. The van der Waals surface area contributed by atoms with Crippen LogP contribution in [0.5, 0.6) is 0 Å². The van der Waals surface area contributed by atoms with E-state index in [1.54, 1.807) is 24.5 Å². The molecule has 1 atom stereocenters. The Morgan fingerprint density at radius 3 is 2.40 bits per heavy atom. The first-order valence-electron chi connectivity index (χ1n) is 11.0. The van der Waals surface area contributed by atoms with Gasteiger partial charge in [-0.15, -0.1) is 0 Å². The van der Waals surface area contributed by atoms with E-state index < -0.39 is 0 Å². The number of rotatable bonds is 7. The minimum atomic E-state index is -0.309. The Hall–Kier alpha value is -4.11. The molecule has 0 unspecified atom stereocenters. The summed E-state index contributed by atoms with van der Waals surface area (Å²) >= 11 is 1.46. The molecule has 0 fully saturated rings. The van der Waals surface area contributed by atoms with Crippen LogP contribution in [0.2, 0.25) is 0 Å². The van der Waals surface area contributed by atoms with Crippen LogP contribution in [0.25, 0.3) is 28.6 Å². The van der Waals surface area contributed by atoms with Crippen LogP contribution in [0.1, 0.15) is 18.5 Å². The molecule has 0 amide bonds. The average molecular weight is 484 g/mol. The maximum Gasteiger partial charge on any atom is 0.225 e. The Morgan fingerprint density at radius 1 is 0.857 bits per heavy atom. The van der Waals surface area contributed by atoms with E-state index in [0.29, 0.717) is 34.1 Å². The largest absolute Gasteiger partial charge is 0.348 e. The van der Waals surface area contributed by atoms with Crippen molar-refractivity contribution >= 4 is 17.7 Å². The molecule has 3 heterocycles. The van der Waals surface area contributed by atoms with Gasteiger partial charge in [0.25, 0.3) is 0 Å². The SMILES string of the molecule is CSc1nccc(-c2cn(-c3ccnc(N[C@@H](C)c4ccccc4)n3)c(-c3ccc(F)cc3)n2)n1. The molecule has 5 rings (SSSR count). The molecule has 2 aromatic carbocycles. The van der Waals surface area contributed by atoms with Crippen molar-refractivity contribution in [1.29, 1.82) is 0 Å². The van der Waals surface area contributed by atoms with Gasteiger partial charge in [-0.2, -0.15) is 4.98 Å². The molecule has 0 spiro atoms. The van der Waals surface area contributed by atoms with E-state index in [-0.39, 0.29) is 11.9 Å². The van der Waals surface area contributed by atoms with E-state index in [2.05, 4.69) is 39.3 Å². The predicted octanol–water partition coefficient (Wildman–Crippen LogP) is 5.82. The molecular weight excluding hydrogens is 461 g/mol. The van der Waals surface area contributed by atoms with Gasteiger partial charge in [-0.3, -0.25) is 4.57 Å². The number of benzene rings is 2. The Balaban J connectivity index is 1.56. The van der Waals surface area contributed by atoms with Gasteiger partial charge in [-0.25, -0.2) is 24.3 Å². The number of aromatic nitrogens is 6. The molecule has 0 bridgehead atoms. The standard InChI is InChI=1S/C26H22FN7S/c1-17(18-6-4-3-5-7-18)30-25-28-15-13-23(33-25)34-16-22(21-12-14-29-26(32-21)35-2)31-24(34)19-8-10-20(27)11-9-19/h3-17H,1-2H3,(H,28,30,33)/t17-/m0/s1. The van der Waals surface area contributed by atoms with Crippen LogP contribution in [0.15, 0.2) is 90.5 Å². The van der Waals surface area contributed by atoms with Crippen LogP contribution >= 0.6 is 11.8 Å².